The summed E-state index contributed by atoms with van der Waals surface area (Å²) in [6.07, 6.45) is 4.00. The average molecular weight is 666 g/mol. The Morgan fingerprint density at radius 3 is 2.27 bits per heavy atom. The van der Waals surface area contributed by atoms with Crippen LogP contribution in [0.2, 0.25) is 0 Å². The number of pyridine rings is 1. The molecule has 0 bridgehead atoms. The van der Waals surface area contributed by atoms with E-state index in [1.807, 2.05) is 61.8 Å². The molecule has 2 aliphatic carbocycles. The number of fused-ring (bicyclic) bond motifs is 1. The summed E-state index contributed by atoms with van der Waals surface area (Å²) in [5.74, 6) is 7.93. The molecule has 49 heavy (non-hydrogen) atoms. The van der Waals surface area contributed by atoms with Crippen molar-refractivity contribution >= 4 is 12.0 Å². The van der Waals surface area contributed by atoms with E-state index < -0.39 is 5.60 Å². The van der Waals surface area contributed by atoms with Crippen molar-refractivity contribution in [3.63, 3.8) is 0 Å². The second-order valence-corrected chi connectivity index (χ2v) is 16.5. The molecule has 0 N–H and O–H groups in total. The van der Waals surface area contributed by atoms with E-state index in [-0.39, 0.29) is 35.0 Å². The van der Waals surface area contributed by atoms with E-state index in [1.165, 1.54) is 0 Å². The fourth-order valence-electron chi connectivity index (χ4n) is 9.03. The van der Waals surface area contributed by atoms with E-state index in [1.54, 1.807) is 6.07 Å². The first-order chi connectivity index (χ1) is 23.1. The predicted molar refractivity (Wildman–Crippen MR) is 188 cm³/mol. The van der Waals surface area contributed by atoms with Gasteiger partial charge in [-0.15, -0.1) is 0 Å². The van der Waals surface area contributed by atoms with Crippen LogP contribution in [0.4, 0.5) is 4.79 Å². The molecule has 0 unspecified atom stereocenters. The minimum absolute atomic E-state index is 0.0195. The molecule has 2 amide bonds. The molecule has 260 valence electrons. The Morgan fingerprint density at radius 1 is 0.980 bits per heavy atom. The number of rotatable bonds is 4. The molecular weight excluding hydrogens is 614 g/mol. The molecule has 2 aromatic rings. The fraction of sp³-hybridized carbons (Fsp3) is 0.600. The number of carbonyl (C=O) groups is 2. The molecule has 1 aromatic carbocycles. The number of hydrogen-bond donors (Lipinski definition) is 0. The van der Waals surface area contributed by atoms with Crippen molar-refractivity contribution in [2.24, 2.45) is 16.7 Å². The highest BCUT2D eigenvalue weighted by molar-refractivity contribution is 5.98. The van der Waals surface area contributed by atoms with Crippen molar-refractivity contribution < 1.29 is 19.1 Å². The van der Waals surface area contributed by atoms with Gasteiger partial charge in [0.1, 0.15) is 23.1 Å². The summed E-state index contributed by atoms with van der Waals surface area (Å²) >= 11 is 0. The monoisotopic (exact) mass is 665 g/mol. The van der Waals surface area contributed by atoms with Gasteiger partial charge in [0.15, 0.2) is 0 Å². The lowest BCUT2D eigenvalue weighted by atomic mass is 9.49. The first-order valence-electron chi connectivity index (χ1n) is 17.8. The predicted octanol–water partition coefficient (Wildman–Crippen LogP) is 6.56. The Morgan fingerprint density at radius 2 is 1.65 bits per heavy atom. The van der Waals surface area contributed by atoms with Gasteiger partial charge in [0.2, 0.25) is 0 Å². The summed E-state index contributed by atoms with van der Waals surface area (Å²) in [7, 11) is 0. The van der Waals surface area contributed by atoms with Gasteiger partial charge in [0.25, 0.3) is 5.91 Å². The van der Waals surface area contributed by atoms with Gasteiger partial charge in [-0.05, 0) is 95.2 Å². The van der Waals surface area contributed by atoms with E-state index in [2.05, 4.69) is 50.5 Å². The van der Waals surface area contributed by atoms with E-state index >= 15 is 0 Å². The van der Waals surface area contributed by atoms with Crippen molar-refractivity contribution in [1.82, 2.24) is 19.7 Å². The number of hydrogen-bond acceptors (Lipinski definition) is 7. The van der Waals surface area contributed by atoms with E-state index in [9.17, 15) is 14.9 Å². The second kappa shape index (κ2) is 13.0. The van der Waals surface area contributed by atoms with Gasteiger partial charge >= 0.3 is 6.09 Å². The maximum atomic E-state index is 13.7. The first kappa shape index (κ1) is 34.8. The van der Waals surface area contributed by atoms with Gasteiger partial charge in [0.05, 0.1) is 29.4 Å². The van der Waals surface area contributed by atoms with Crippen LogP contribution >= 0.6 is 0 Å². The van der Waals surface area contributed by atoms with Crippen LogP contribution in [0.1, 0.15) is 107 Å². The Kier molecular flexibility index (Phi) is 9.22. The van der Waals surface area contributed by atoms with Gasteiger partial charge in [-0.3, -0.25) is 9.69 Å². The standard InChI is InChI=1S/C40H51N5O4/c1-26-23-31(17-12-28(26)24-41)48-36-39(5,6)35(40(36,7)8)45-25-33-32(34(45)46)18-14-29(42-33)13-9-27-10-15-30(16-11-27)43-19-21-44(22-20-43)37(47)49-38(2,3)4/h12,14,17-18,23,27,30,35-36H,10-11,15-16,19-22,25H2,1-8H3/t27-,30-,35-,36-. The smallest absolute Gasteiger partial charge is 0.410 e. The molecule has 3 heterocycles. The number of ether oxygens (including phenoxy) is 2. The maximum absolute atomic E-state index is 13.7. The van der Waals surface area contributed by atoms with Crippen molar-refractivity contribution in [2.75, 3.05) is 26.2 Å². The molecule has 0 radical (unpaired) electrons. The number of aromatic nitrogens is 1. The van der Waals surface area contributed by atoms with E-state index in [4.69, 9.17) is 14.5 Å². The largest absolute Gasteiger partial charge is 0.489 e. The Hall–Kier alpha value is -4.08. The molecule has 0 spiro atoms. The summed E-state index contributed by atoms with van der Waals surface area (Å²) in [5, 5.41) is 9.31. The topological polar surface area (TPSA) is 99.0 Å². The molecule has 2 saturated carbocycles. The maximum Gasteiger partial charge on any atom is 0.410 e. The zero-order valence-electron chi connectivity index (χ0n) is 30.4. The highest BCUT2D eigenvalue weighted by Gasteiger charge is 2.67. The fourth-order valence-corrected chi connectivity index (χ4v) is 9.03. The highest BCUT2D eigenvalue weighted by Crippen LogP contribution is 2.59. The molecular formula is C40H51N5O4. The SMILES string of the molecule is Cc1cc(O[C@H]2C(C)(C)[C@H](N3Cc4nc(C#C[C@H]5CC[C@H](N6CCN(C(=O)OC(C)(C)C)CC6)CC5)ccc4C3=O)C2(C)C)ccc1C#N. The normalized spacial score (nSPS) is 26.1. The van der Waals surface area contributed by atoms with Crippen molar-refractivity contribution in [3.8, 4) is 23.7 Å². The Balaban J connectivity index is 1.03. The molecule has 6 rings (SSSR count). The van der Waals surface area contributed by atoms with Gasteiger partial charge in [-0.1, -0.05) is 33.6 Å². The molecule has 9 heteroatoms. The van der Waals surface area contributed by atoms with Crippen LogP contribution in [0.15, 0.2) is 30.3 Å². The van der Waals surface area contributed by atoms with Crippen LogP contribution in [0.25, 0.3) is 0 Å². The van der Waals surface area contributed by atoms with Crippen LogP contribution in [0.5, 0.6) is 5.75 Å². The second-order valence-electron chi connectivity index (χ2n) is 16.5. The lowest BCUT2D eigenvalue weighted by Crippen LogP contribution is -2.74. The zero-order valence-corrected chi connectivity index (χ0v) is 30.4. The Bertz CT molecular complexity index is 1690. The minimum atomic E-state index is -0.472. The third kappa shape index (κ3) is 6.88. The number of nitriles is 1. The van der Waals surface area contributed by atoms with Crippen LogP contribution in [-0.4, -0.2) is 81.7 Å². The minimum Gasteiger partial charge on any atom is -0.489 e. The number of carbonyl (C=O) groups excluding carboxylic acids is 2. The molecule has 9 nitrogen and oxygen atoms in total. The first-order valence-corrected chi connectivity index (χ1v) is 17.8. The van der Waals surface area contributed by atoms with Crippen molar-refractivity contribution in [3.05, 3.63) is 58.4 Å². The van der Waals surface area contributed by atoms with Crippen LogP contribution in [0.3, 0.4) is 0 Å². The molecule has 1 aromatic heterocycles. The van der Waals surface area contributed by atoms with Gasteiger partial charge < -0.3 is 19.3 Å². The van der Waals surface area contributed by atoms with E-state index in [0.717, 1.165) is 61.5 Å². The number of aryl methyl sites for hydroxylation is 1. The number of amides is 2. The van der Waals surface area contributed by atoms with Gasteiger partial charge in [-0.2, -0.15) is 5.26 Å². The van der Waals surface area contributed by atoms with Gasteiger partial charge in [-0.25, -0.2) is 9.78 Å². The number of nitrogens with zero attached hydrogens (tertiary/aromatic N) is 5. The van der Waals surface area contributed by atoms with Crippen molar-refractivity contribution in [1.29, 1.82) is 5.26 Å². The number of benzene rings is 1. The van der Waals surface area contributed by atoms with Crippen molar-refractivity contribution in [2.45, 2.75) is 111 Å². The zero-order chi connectivity index (χ0) is 35.3. The Labute approximate surface area is 291 Å². The molecule has 2 aliphatic heterocycles. The van der Waals surface area contributed by atoms with Crippen LogP contribution < -0.4 is 4.74 Å². The summed E-state index contributed by atoms with van der Waals surface area (Å²) in [5.41, 5.74) is 2.65. The lowest BCUT2D eigenvalue weighted by molar-refractivity contribution is -0.199. The van der Waals surface area contributed by atoms with E-state index in [0.29, 0.717) is 42.7 Å². The number of piperazine rings is 1. The highest BCUT2D eigenvalue weighted by atomic mass is 16.6. The molecule has 4 aliphatic rings. The summed E-state index contributed by atoms with van der Waals surface area (Å²) in [6.45, 7) is 20.0. The lowest BCUT2D eigenvalue weighted by Gasteiger charge is -2.65. The average Bonchev–Trinajstić information content (AvgIpc) is 3.35. The third-order valence-electron chi connectivity index (χ3n) is 11.0. The van der Waals surface area contributed by atoms with Crippen LogP contribution in [-0.2, 0) is 11.3 Å². The van der Waals surface area contributed by atoms with Gasteiger partial charge in [0, 0.05) is 55.0 Å². The molecule has 3 fully saturated rings. The summed E-state index contributed by atoms with van der Waals surface area (Å²) in [4.78, 5) is 37.4. The summed E-state index contributed by atoms with van der Waals surface area (Å²) in [6, 6.07) is 12.1. The molecule has 1 saturated heterocycles. The third-order valence-corrected chi connectivity index (χ3v) is 11.0. The quantitative estimate of drug-likeness (QED) is 0.341. The van der Waals surface area contributed by atoms with Crippen LogP contribution in [0, 0.1) is 46.8 Å². The summed E-state index contributed by atoms with van der Waals surface area (Å²) < 4.78 is 12.1. The molecule has 0 atom stereocenters.